The standard InChI is InChI=1S/C9H6N4O/c14-9-8-11-4-5-13(8)6-2-1-3-10-7(6)12-9/h1-6H. The van der Waals surface area contributed by atoms with Gasteiger partial charge < -0.3 is 4.57 Å². The van der Waals surface area contributed by atoms with Gasteiger partial charge in [-0.3, -0.25) is 4.79 Å². The molecule has 5 heteroatoms. The highest BCUT2D eigenvalue weighted by Crippen LogP contribution is 2.21. The summed E-state index contributed by atoms with van der Waals surface area (Å²) in [5.74, 6) is 0.581. The van der Waals surface area contributed by atoms with Crippen molar-refractivity contribution in [3.63, 3.8) is 0 Å². The average Bonchev–Trinajstić information content (AvgIpc) is 2.67. The van der Waals surface area contributed by atoms with E-state index < -0.39 is 0 Å². The molecule has 2 aliphatic heterocycles. The predicted octanol–water partition coefficient (Wildman–Crippen LogP) is 0.617. The van der Waals surface area contributed by atoms with Gasteiger partial charge in [0.2, 0.25) is 5.82 Å². The largest absolute Gasteiger partial charge is 0.314 e. The van der Waals surface area contributed by atoms with Crippen LogP contribution in [0.3, 0.4) is 0 Å². The van der Waals surface area contributed by atoms with Crippen LogP contribution in [0.1, 0.15) is 16.7 Å². The summed E-state index contributed by atoms with van der Waals surface area (Å²) in [5.41, 5.74) is 0. The molecule has 5 nitrogen and oxygen atoms in total. The zero-order chi connectivity index (χ0) is 9.54. The second kappa shape index (κ2) is 2.47. The van der Waals surface area contributed by atoms with Crippen molar-refractivity contribution in [2.45, 2.75) is 6.04 Å². The van der Waals surface area contributed by atoms with Gasteiger partial charge in [-0.1, -0.05) is 6.08 Å². The molecule has 0 aliphatic carbocycles. The third-order valence-corrected chi connectivity index (χ3v) is 2.23. The minimum atomic E-state index is -0.325. The summed E-state index contributed by atoms with van der Waals surface area (Å²) in [6.07, 6.45) is 8.76. The van der Waals surface area contributed by atoms with Crippen LogP contribution in [0.2, 0.25) is 0 Å². The van der Waals surface area contributed by atoms with Gasteiger partial charge in [-0.25, -0.2) is 9.98 Å². The molecule has 0 spiro atoms. The molecule has 0 aromatic carbocycles. The fourth-order valence-corrected chi connectivity index (χ4v) is 1.61. The number of aromatic nitrogens is 2. The van der Waals surface area contributed by atoms with Gasteiger partial charge in [-0.2, -0.15) is 4.99 Å². The molecular formula is C9H6N4O. The predicted molar refractivity (Wildman–Crippen MR) is 50.7 cm³/mol. The monoisotopic (exact) mass is 186 g/mol. The van der Waals surface area contributed by atoms with Gasteiger partial charge in [0.1, 0.15) is 6.04 Å². The summed E-state index contributed by atoms with van der Waals surface area (Å²) < 4.78 is 1.78. The van der Waals surface area contributed by atoms with E-state index >= 15 is 0 Å². The van der Waals surface area contributed by atoms with Crippen LogP contribution in [-0.2, 0) is 0 Å². The van der Waals surface area contributed by atoms with E-state index in [9.17, 15) is 4.79 Å². The third-order valence-electron chi connectivity index (χ3n) is 2.23. The van der Waals surface area contributed by atoms with Crippen LogP contribution in [0.15, 0.2) is 34.5 Å². The summed E-state index contributed by atoms with van der Waals surface area (Å²) in [6.45, 7) is 0. The molecule has 68 valence electrons. The maximum absolute atomic E-state index is 11.4. The lowest BCUT2D eigenvalue weighted by molar-refractivity contribution is 0.0983. The van der Waals surface area contributed by atoms with Gasteiger partial charge in [-0.15, -0.1) is 0 Å². The van der Waals surface area contributed by atoms with Gasteiger partial charge >= 0.3 is 5.91 Å². The fourth-order valence-electron chi connectivity index (χ4n) is 1.61. The van der Waals surface area contributed by atoms with Crippen LogP contribution < -0.4 is 0 Å². The number of carbonyl (C=O) groups excluding carboxylic acids is 1. The molecule has 3 heterocycles. The molecule has 1 atom stereocenters. The van der Waals surface area contributed by atoms with Crippen LogP contribution in [0.4, 0.5) is 0 Å². The maximum atomic E-state index is 11.4. The number of allylic oxidation sites excluding steroid dienone is 1. The Morgan fingerprint density at radius 2 is 2.36 bits per heavy atom. The minimum Gasteiger partial charge on any atom is -0.313 e. The van der Waals surface area contributed by atoms with Crippen molar-refractivity contribution in [2.75, 3.05) is 0 Å². The molecule has 0 saturated heterocycles. The minimum absolute atomic E-state index is 0.0739. The molecule has 2 aliphatic rings. The van der Waals surface area contributed by atoms with Crippen molar-refractivity contribution in [3.8, 4) is 0 Å². The molecule has 14 heavy (non-hydrogen) atoms. The molecule has 1 unspecified atom stereocenters. The Hall–Kier alpha value is -2.04. The Kier molecular flexibility index (Phi) is 1.30. The van der Waals surface area contributed by atoms with Gasteiger partial charge in [0.25, 0.3) is 0 Å². The molecular weight excluding hydrogens is 180 g/mol. The smallest absolute Gasteiger partial charge is 0.313 e. The molecule has 1 amide bonds. The SMILES string of the molecule is O=C1N=C2N=CC=CC2n2ccnc21. The number of aliphatic imine (C=N–C) groups is 2. The maximum Gasteiger partial charge on any atom is 0.314 e. The van der Waals surface area contributed by atoms with E-state index in [0.29, 0.717) is 11.7 Å². The highest BCUT2D eigenvalue weighted by molar-refractivity contribution is 6.09. The molecule has 0 fully saturated rings. The van der Waals surface area contributed by atoms with Crippen LogP contribution in [-0.4, -0.2) is 27.5 Å². The van der Waals surface area contributed by atoms with E-state index in [2.05, 4.69) is 15.0 Å². The molecule has 0 saturated carbocycles. The van der Waals surface area contributed by atoms with Crippen molar-refractivity contribution < 1.29 is 4.79 Å². The Morgan fingerprint density at radius 1 is 1.43 bits per heavy atom. The summed E-state index contributed by atoms with van der Waals surface area (Å²) in [4.78, 5) is 23.3. The lowest BCUT2D eigenvalue weighted by atomic mass is 10.2. The molecule has 3 rings (SSSR count). The molecule has 0 N–H and O–H groups in total. The van der Waals surface area contributed by atoms with Crippen LogP contribution in [0.5, 0.6) is 0 Å². The second-order valence-electron chi connectivity index (χ2n) is 3.04. The number of rotatable bonds is 0. The van der Waals surface area contributed by atoms with E-state index in [1.165, 1.54) is 0 Å². The van der Waals surface area contributed by atoms with Crippen LogP contribution >= 0.6 is 0 Å². The highest BCUT2D eigenvalue weighted by atomic mass is 16.1. The fraction of sp³-hybridized carbons (Fsp3) is 0.111. The number of imidazole rings is 1. The Labute approximate surface area is 79.5 Å². The first kappa shape index (κ1) is 7.37. The molecule has 0 radical (unpaired) electrons. The topological polar surface area (TPSA) is 59.6 Å². The van der Waals surface area contributed by atoms with Gasteiger partial charge in [0.05, 0.1) is 0 Å². The molecule has 0 bridgehead atoms. The normalized spacial score (nSPS) is 23.0. The number of dihydropyridines is 1. The summed E-state index contributed by atoms with van der Waals surface area (Å²) in [7, 11) is 0. The van der Waals surface area contributed by atoms with Gasteiger partial charge in [0.15, 0.2) is 5.84 Å². The number of amides is 1. The number of carbonyl (C=O) groups is 1. The first-order chi connectivity index (χ1) is 6.86. The summed E-state index contributed by atoms with van der Waals surface area (Å²) in [5, 5.41) is 0. The summed E-state index contributed by atoms with van der Waals surface area (Å²) >= 11 is 0. The van der Waals surface area contributed by atoms with Crippen molar-refractivity contribution in [3.05, 3.63) is 30.4 Å². The lowest BCUT2D eigenvalue weighted by Crippen LogP contribution is -2.27. The van der Waals surface area contributed by atoms with E-state index in [1.54, 1.807) is 23.2 Å². The summed E-state index contributed by atoms with van der Waals surface area (Å²) in [6, 6.07) is -0.0739. The Bertz CT molecular complexity index is 495. The average molecular weight is 186 g/mol. The number of amidine groups is 1. The third kappa shape index (κ3) is 0.834. The number of hydrogen-bond acceptors (Lipinski definition) is 3. The first-order valence-electron chi connectivity index (χ1n) is 4.23. The Morgan fingerprint density at radius 3 is 3.29 bits per heavy atom. The van der Waals surface area contributed by atoms with E-state index in [1.807, 2.05) is 12.2 Å². The van der Waals surface area contributed by atoms with Crippen LogP contribution in [0, 0.1) is 0 Å². The number of hydrogen-bond donors (Lipinski definition) is 0. The van der Waals surface area contributed by atoms with Gasteiger partial charge in [-0.05, 0) is 6.08 Å². The van der Waals surface area contributed by atoms with Gasteiger partial charge in [0, 0.05) is 18.6 Å². The van der Waals surface area contributed by atoms with E-state index in [4.69, 9.17) is 0 Å². The zero-order valence-electron chi connectivity index (χ0n) is 7.16. The van der Waals surface area contributed by atoms with Crippen molar-refractivity contribution in [1.82, 2.24) is 9.55 Å². The molecule has 1 aromatic heterocycles. The first-order valence-corrected chi connectivity index (χ1v) is 4.23. The van der Waals surface area contributed by atoms with Crippen LogP contribution in [0.25, 0.3) is 0 Å². The van der Waals surface area contributed by atoms with E-state index in [-0.39, 0.29) is 11.9 Å². The Balaban J connectivity index is 2.23. The van der Waals surface area contributed by atoms with Crippen molar-refractivity contribution in [1.29, 1.82) is 0 Å². The number of nitrogens with zero attached hydrogens (tertiary/aromatic N) is 4. The second-order valence-corrected chi connectivity index (χ2v) is 3.04. The van der Waals surface area contributed by atoms with Crippen molar-refractivity contribution >= 4 is 18.0 Å². The highest BCUT2D eigenvalue weighted by Gasteiger charge is 2.28. The lowest BCUT2D eigenvalue weighted by Gasteiger charge is -2.21. The number of fused-ring (bicyclic) bond motifs is 3. The van der Waals surface area contributed by atoms with Crippen molar-refractivity contribution in [2.24, 2.45) is 9.98 Å². The molecule has 1 aromatic rings. The zero-order valence-corrected chi connectivity index (χ0v) is 7.16. The van der Waals surface area contributed by atoms with E-state index in [0.717, 1.165) is 0 Å². The quantitative estimate of drug-likeness (QED) is 0.596.